The summed E-state index contributed by atoms with van der Waals surface area (Å²) in [6, 6.07) is 5.86. The van der Waals surface area contributed by atoms with Crippen molar-refractivity contribution in [3.05, 3.63) is 23.8 Å². The van der Waals surface area contributed by atoms with Crippen LogP contribution in [0.4, 0.5) is 0 Å². The topological polar surface area (TPSA) is 60.0 Å². The minimum Gasteiger partial charge on any atom is -0.454 e. The number of carbonyl (C=O) groups excluding carboxylic acids is 1. The van der Waals surface area contributed by atoms with Gasteiger partial charge in [0.1, 0.15) is 0 Å². The Labute approximate surface area is 161 Å². The van der Waals surface area contributed by atoms with E-state index >= 15 is 0 Å². The van der Waals surface area contributed by atoms with Crippen LogP contribution >= 0.6 is 12.4 Å². The monoisotopic (exact) mass is 384 g/mol. The summed E-state index contributed by atoms with van der Waals surface area (Å²) in [5.41, 5.74) is 1.05. The fourth-order valence-electron chi connectivity index (χ4n) is 3.41. The Morgan fingerprint density at radius 1 is 1.27 bits per heavy atom. The van der Waals surface area contributed by atoms with Crippen molar-refractivity contribution in [1.82, 2.24) is 10.2 Å². The maximum absolute atomic E-state index is 12.7. The molecule has 1 N–H and O–H groups in total. The van der Waals surface area contributed by atoms with Crippen LogP contribution in [0.15, 0.2) is 18.2 Å². The highest BCUT2D eigenvalue weighted by atomic mass is 35.5. The van der Waals surface area contributed by atoms with Crippen LogP contribution in [0, 0.1) is 5.92 Å². The molecule has 6 nitrogen and oxygen atoms in total. The van der Waals surface area contributed by atoms with Gasteiger partial charge in [-0.3, -0.25) is 4.79 Å². The number of nitrogens with zero attached hydrogens (tertiary/aromatic N) is 1. The second-order valence-electron chi connectivity index (χ2n) is 6.73. The van der Waals surface area contributed by atoms with Crippen LogP contribution in [0.5, 0.6) is 11.5 Å². The molecule has 7 heteroatoms. The van der Waals surface area contributed by atoms with Crippen molar-refractivity contribution >= 4 is 18.3 Å². The predicted octanol–water partition coefficient (Wildman–Crippen LogP) is 2.59. The zero-order valence-electron chi connectivity index (χ0n) is 15.4. The second kappa shape index (κ2) is 10.6. The molecule has 0 saturated carbocycles. The van der Waals surface area contributed by atoms with Crippen LogP contribution in [0.3, 0.4) is 0 Å². The quantitative estimate of drug-likeness (QED) is 0.746. The van der Waals surface area contributed by atoms with Crippen molar-refractivity contribution < 1.29 is 19.0 Å². The number of piperidine rings is 1. The molecule has 1 fully saturated rings. The fraction of sp³-hybridized carbons (Fsp3) is 0.632. The van der Waals surface area contributed by atoms with Gasteiger partial charge in [0.05, 0.1) is 6.61 Å². The van der Waals surface area contributed by atoms with Gasteiger partial charge in [-0.25, -0.2) is 0 Å². The number of methoxy groups -OCH3 is 1. The minimum absolute atomic E-state index is 0. The van der Waals surface area contributed by atoms with Crippen LogP contribution < -0.4 is 14.8 Å². The maximum atomic E-state index is 12.7. The Balaban J connectivity index is 0.00000243. The molecule has 2 aliphatic rings. The van der Waals surface area contributed by atoms with Crippen LogP contribution in [-0.4, -0.2) is 51.0 Å². The summed E-state index contributed by atoms with van der Waals surface area (Å²) in [6.45, 7) is 4.14. The lowest BCUT2D eigenvalue weighted by molar-refractivity contribution is -0.132. The highest BCUT2D eigenvalue weighted by Crippen LogP contribution is 2.32. The summed E-state index contributed by atoms with van der Waals surface area (Å²) < 4.78 is 16.0. The van der Waals surface area contributed by atoms with E-state index in [1.54, 1.807) is 7.11 Å². The SMILES string of the molecule is COCCN(Cc1ccc2c(c1)OCO2)C(=O)CCC1CCNCC1.Cl. The van der Waals surface area contributed by atoms with E-state index < -0.39 is 0 Å². The van der Waals surface area contributed by atoms with Crippen molar-refractivity contribution in [3.63, 3.8) is 0 Å². The number of amides is 1. The highest BCUT2D eigenvalue weighted by molar-refractivity contribution is 5.85. The van der Waals surface area contributed by atoms with E-state index in [0.29, 0.717) is 32.0 Å². The molecule has 26 heavy (non-hydrogen) atoms. The second-order valence-corrected chi connectivity index (χ2v) is 6.73. The van der Waals surface area contributed by atoms with E-state index in [0.717, 1.165) is 36.6 Å². The van der Waals surface area contributed by atoms with Crippen LogP contribution in [-0.2, 0) is 16.1 Å². The Bertz CT molecular complexity index is 579. The standard InChI is InChI=1S/C19H28N2O4.ClH/c1-23-11-10-21(19(22)5-3-15-6-8-20-9-7-15)13-16-2-4-17-18(12-16)25-14-24-17;/h2,4,12,15,20H,3,5-11,13-14H2,1H3;1H. The van der Waals surface area contributed by atoms with Crippen LogP contribution in [0.2, 0.25) is 0 Å². The van der Waals surface area contributed by atoms with Gasteiger partial charge in [0, 0.05) is 26.6 Å². The van der Waals surface area contributed by atoms with Gasteiger partial charge in [-0.1, -0.05) is 6.07 Å². The minimum atomic E-state index is 0. The molecule has 0 atom stereocenters. The van der Waals surface area contributed by atoms with E-state index in [1.165, 1.54) is 12.8 Å². The average molecular weight is 385 g/mol. The van der Waals surface area contributed by atoms with E-state index in [2.05, 4.69) is 5.32 Å². The van der Waals surface area contributed by atoms with Gasteiger partial charge in [0.25, 0.3) is 0 Å². The van der Waals surface area contributed by atoms with Gasteiger partial charge in [0.2, 0.25) is 12.7 Å². The van der Waals surface area contributed by atoms with Crippen molar-refractivity contribution in [2.75, 3.05) is 40.1 Å². The molecule has 2 heterocycles. The normalized spacial score (nSPS) is 16.2. The number of hydrogen-bond acceptors (Lipinski definition) is 5. The van der Waals surface area contributed by atoms with Gasteiger partial charge < -0.3 is 24.4 Å². The van der Waals surface area contributed by atoms with Crippen LogP contribution in [0.1, 0.15) is 31.2 Å². The average Bonchev–Trinajstić information content (AvgIpc) is 3.11. The Morgan fingerprint density at radius 2 is 2.04 bits per heavy atom. The lowest BCUT2D eigenvalue weighted by atomic mass is 9.93. The number of hydrogen-bond donors (Lipinski definition) is 1. The van der Waals surface area contributed by atoms with E-state index in [4.69, 9.17) is 14.2 Å². The molecular weight excluding hydrogens is 356 g/mol. The zero-order chi connectivity index (χ0) is 17.5. The van der Waals surface area contributed by atoms with Gasteiger partial charge in [0.15, 0.2) is 11.5 Å². The van der Waals surface area contributed by atoms with Gasteiger partial charge in [-0.2, -0.15) is 0 Å². The number of carbonyl (C=O) groups is 1. The van der Waals surface area contributed by atoms with Gasteiger partial charge in [-0.05, 0) is 56.0 Å². The Morgan fingerprint density at radius 3 is 2.81 bits per heavy atom. The number of rotatable bonds is 8. The molecule has 0 aliphatic carbocycles. The summed E-state index contributed by atoms with van der Waals surface area (Å²) >= 11 is 0. The molecule has 0 aromatic heterocycles. The molecule has 1 amide bonds. The third-order valence-electron chi connectivity index (χ3n) is 4.95. The summed E-state index contributed by atoms with van der Waals surface area (Å²) in [7, 11) is 1.66. The molecule has 0 spiro atoms. The molecule has 1 aromatic carbocycles. The fourth-order valence-corrected chi connectivity index (χ4v) is 3.41. The molecule has 3 rings (SSSR count). The summed E-state index contributed by atoms with van der Waals surface area (Å²) in [5, 5.41) is 3.37. The van der Waals surface area contributed by atoms with E-state index in [-0.39, 0.29) is 25.1 Å². The Hall–Kier alpha value is -1.50. The van der Waals surface area contributed by atoms with Crippen molar-refractivity contribution in [3.8, 4) is 11.5 Å². The first-order valence-electron chi connectivity index (χ1n) is 9.12. The molecule has 1 saturated heterocycles. The number of fused-ring (bicyclic) bond motifs is 1. The van der Waals surface area contributed by atoms with Crippen molar-refractivity contribution in [2.24, 2.45) is 5.92 Å². The summed E-state index contributed by atoms with van der Waals surface area (Å²) in [6.07, 6.45) is 3.94. The first kappa shape index (κ1) is 20.8. The number of halogens is 1. The molecule has 0 radical (unpaired) electrons. The van der Waals surface area contributed by atoms with E-state index in [9.17, 15) is 4.79 Å². The summed E-state index contributed by atoms with van der Waals surface area (Å²) in [5.74, 6) is 2.39. The number of nitrogens with one attached hydrogen (secondary N) is 1. The largest absolute Gasteiger partial charge is 0.454 e. The lowest BCUT2D eigenvalue weighted by Crippen LogP contribution is -2.34. The smallest absolute Gasteiger partial charge is 0.231 e. The molecular formula is C19H29ClN2O4. The van der Waals surface area contributed by atoms with Crippen LogP contribution in [0.25, 0.3) is 0 Å². The van der Waals surface area contributed by atoms with Crippen molar-refractivity contribution in [1.29, 1.82) is 0 Å². The lowest BCUT2D eigenvalue weighted by Gasteiger charge is -2.26. The number of ether oxygens (including phenoxy) is 3. The van der Waals surface area contributed by atoms with E-state index in [1.807, 2.05) is 23.1 Å². The van der Waals surface area contributed by atoms with Gasteiger partial charge >= 0.3 is 0 Å². The molecule has 0 bridgehead atoms. The first-order valence-corrected chi connectivity index (χ1v) is 9.12. The molecule has 0 unspecified atom stereocenters. The number of benzene rings is 1. The third kappa shape index (κ3) is 5.76. The van der Waals surface area contributed by atoms with Gasteiger partial charge in [-0.15, -0.1) is 12.4 Å². The summed E-state index contributed by atoms with van der Waals surface area (Å²) in [4.78, 5) is 14.6. The molecule has 1 aromatic rings. The highest BCUT2D eigenvalue weighted by Gasteiger charge is 2.20. The third-order valence-corrected chi connectivity index (χ3v) is 4.95. The predicted molar refractivity (Wildman–Crippen MR) is 102 cm³/mol. The first-order chi connectivity index (χ1) is 12.3. The maximum Gasteiger partial charge on any atom is 0.231 e. The zero-order valence-corrected chi connectivity index (χ0v) is 16.2. The molecule has 146 valence electrons. The van der Waals surface area contributed by atoms with Crippen molar-refractivity contribution in [2.45, 2.75) is 32.2 Å². The molecule has 2 aliphatic heterocycles. The Kier molecular flexibility index (Phi) is 8.48.